The van der Waals surface area contributed by atoms with Crippen LogP contribution in [-0.4, -0.2) is 29.3 Å². The molecule has 1 heterocycles. The third kappa shape index (κ3) is 4.23. The summed E-state index contributed by atoms with van der Waals surface area (Å²) in [7, 11) is 1.84. The largest absolute Gasteiger partial charge is 0.319 e. The molecule has 5 heteroatoms. The van der Waals surface area contributed by atoms with Gasteiger partial charge in [0.2, 0.25) is 5.91 Å². The number of aromatic nitrogens is 2. The average molecular weight is 328 g/mol. The summed E-state index contributed by atoms with van der Waals surface area (Å²) in [5.74, 6) is 0.698. The Labute approximate surface area is 144 Å². The summed E-state index contributed by atoms with van der Waals surface area (Å²) < 4.78 is 1.84. The molecule has 2 rings (SSSR count). The van der Waals surface area contributed by atoms with Gasteiger partial charge in [-0.2, -0.15) is 5.10 Å². The quantitative estimate of drug-likeness (QED) is 0.885. The van der Waals surface area contributed by atoms with Crippen molar-refractivity contribution in [3.63, 3.8) is 0 Å². The zero-order valence-electron chi connectivity index (χ0n) is 15.5. The van der Waals surface area contributed by atoms with E-state index in [-0.39, 0.29) is 11.3 Å². The van der Waals surface area contributed by atoms with E-state index in [1.165, 1.54) is 5.56 Å². The number of hydrogen-bond donors (Lipinski definition) is 2. The van der Waals surface area contributed by atoms with Crippen molar-refractivity contribution in [2.45, 2.75) is 46.5 Å². The number of benzene rings is 1. The van der Waals surface area contributed by atoms with E-state index < -0.39 is 0 Å². The van der Waals surface area contributed by atoms with Crippen LogP contribution in [-0.2, 0) is 10.2 Å². The Morgan fingerprint density at radius 2 is 1.92 bits per heavy atom. The number of aryl methyl sites for hydroxylation is 2. The van der Waals surface area contributed by atoms with Crippen molar-refractivity contribution in [2.24, 2.45) is 0 Å². The minimum absolute atomic E-state index is 0.0178. The van der Waals surface area contributed by atoms with E-state index in [1.807, 2.05) is 23.9 Å². The fourth-order valence-electron chi connectivity index (χ4n) is 2.51. The van der Waals surface area contributed by atoms with Gasteiger partial charge in [0.25, 0.3) is 0 Å². The lowest BCUT2D eigenvalue weighted by Gasteiger charge is -2.14. The standard InChI is InChI=1S/C19H28N4O/c1-13-7-8-15(14(2)11-13)23-17(21-18(24)9-10-20-6)12-16(22-23)19(3,4)5/h7-8,11-12,20H,9-10H2,1-6H3,(H,21,24). The highest BCUT2D eigenvalue weighted by atomic mass is 16.1. The van der Waals surface area contributed by atoms with E-state index in [0.29, 0.717) is 18.8 Å². The van der Waals surface area contributed by atoms with Gasteiger partial charge in [0.1, 0.15) is 5.82 Å². The molecule has 2 aromatic rings. The van der Waals surface area contributed by atoms with Crippen molar-refractivity contribution in [2.75, 3.05) is 18.9 Å². The van der Waals surface area contributed by atoms with Gasteiger partial charge in [-0.05, 0) is 32.5 Å². The molecule has 0 saturated heterocycles. The number of rotatable bonds is 5. The SMILES string of the molecule is CNCCC(=O)Nc1cc(C(C)(C)C)nn1-c1ccc(C)cc1C. The summed E-state index contributed by atoms with van der Waals surface area (Å²) in [5.41, 5.74) is 4.18. The summed E-state index contributed by atoms with van der Waals surface area (Å²) in [6.45, 7) is 11.1. The molecular weight excluding hydrogens is 300 g/mol. The van der Waals surface area contributed by atoms with Crippen LogP contribution in [0.1, 0.15) is 44.0 Å². The maximum atomic E-state index is 12.2. The number of anilines is 1. The first-order valence-corrected chi connectivity index (χ1v) is 8.35. The van der Waals surface area contributed by atoms with Gasteiger partial charge in [-0.25, -0.2) is 4.68 Å². The Kier molecular flexibility index (Phi) is 5.44. The number of amides is 1. The Morgan fingerprint density at radius 1 is 1.21 bits per heavy atom. The molecule has 0 spiro atoms. The normalized spacial score (nSPS) is 11.6. The second kappa shape index (κ2) is 7.18. The molecule has 1 amide bonds. The van der Waals surface area contributed by atoms with Crippen molar-refractivity contribution < 1.29 is 4.79 Å². The van der Waals surface area contributed by atoms with Gasteiger partial charge in [0.05, 0.1) is 11.4 Å². The second-order valence-corrected chi connectivity index (χ2v) is 7.27. The van der Waals surface area contributed by atoms with Gasteiger partial charge in [0, 0.05) is 24.4 Å². The van der Waals surface area contributed by atoms with Gasteiger partial charge in [0.15, 0.2) is 0 Å². The van der Waals surface area contributed by atoms with E-state index in [0.717, 1.165) is 16.9 Å². The molecule has 0 unspecified atom stereocenters. The maximum absolute atomic E-state index is 12.2. The summed E-state index contributed by atoms with van der Waals surface area (Å²) >= 11 is 0. The fourth-order valence-corrected chi connectivity index (χ4v) is 2.51. The fraction of sp³-hybridized carbons (Fsp3) is 0.474. The number of carbonyl (C=O) groups excluding carboxylic acids is 1. The molecule has 1 aromatic heterocycles. The molecule has 0 saturated carbocycles. The Bertz CT molecular complexity index is 725. The van der Waals surface area contributed by atoms with Crippen molar-refractivity contribution in [3.05, 3.63) is 41.1 Å². The number of nitrogens with zero attached hydrogens (tertiary/aromatic N) is 2. The minimum atomic E-state index is -0.0890. The highest BCUT2D eigenvalue weighted by molar-refractivity contribution is 5.90. The van der Waals surface area contributed by atoms with Crippen LogP contribution >= 0.6 is 0 Å². The summed E-state index contributed by atoms with van der Waals surface area (Å²) in [6, 6.07) is 8.21. The average Bonchev–Trinajstić information content (AvgIpc) is 2.89. The lowest BCUT2D eigenvalue weighted by atomic mass is 9.92. The van der Waals surface area contributed by atoms with Crippen LogP contribution in [0.2, 0.25) is 0 Å². The summed E-state index contributed by atoms with van der Waals surface area (Å²) in [6.07, 6.45) is 0.430. The van der Waals surface area contributed by atoms with Crippen LogP contribution in [0.4, 0.5) is 5.82 Å². The first kappa shape index (κ1) is 18.2. The highest BCUT2D eigenvalue weighted by Crippen LogP contribution is 2.27. The third-order valence-corrected chi connectivity index (χ3v) is 3.93. The summed E-state index contributed by atoms with van der Waals surface area (Å²) in [4.78, 5) is 12.2. The van der Waals surface area contributed by atoms with E-state index in [4.69, 9.17) is 5.10 Å². The number of nitrogens with one attached hydrogen (secondary N) is 2. The van der Waals surface area contributed by atoms with E-state index in [2.05, 4.69) is 57.4 Å². The zero-order chi connectivity index (χ0) is 17.9. The molecule has 0 radical (unpaired) electrons. The van der Waals surface area contributed by atoms with Gasteiger partial charge in [-0.1, -0.05) is 38.5 Å². The lowest BCUT2D eigenvalue weighted by molar-refractivity contribution is -0.116. The minimum Gasteiger partial charge on any atom is -0.319 e. The third-order valence-electron chi connectivity index (χ3n) is 3.93. The molecule has 24 heavy (non-hydrogen) atoms. The Morgan fingerprint density at radius 3 is 2.50 bits per heavy atom. The van der Waals surface area contributed by atoms with Crippen LogP contribution in [0, 0.1) is 13.8 Å². The summed E-state index contributed by atoms with van der Waals surface area (Å²) in [5, 5.41) is 10.8. The molecule has 0 atom stereocenters. The van der Waals surface area contributed by atoms with Gasteiger partial charge in [-0.15, -0.1) is 0 Å². The van der Waals surface area contributed by atoms with Crippen molar-refractivity contribution >= 4 is 11.7 Å². The molecule has 130 valence electrons. The molecule has 1 aromatic carbocycles. The molecule has 0 aliphatic rings. The van der Waals surface area contributed by atoms with Crippen LogP contribution in [0.3, 0.4) is 0 Å². The molecule has 0 bridgehead atoms. The molecular formula is C19H28N4O. The van der Waals surface area contributed by atoms with Crippen LogP contribution in [0.15, 0.2) is 24.3 Å². The second-order valence-electron chi connectivity index (χ2n) is 7.27. The predicted molar refractivity (Wildman–Crippen MR) is 98.9 cm³/mol. The van der Waals surface area contributed by atoms with Crippen LogP contribution in [0.25, 0.3) is 5.69 Å². The monoisotopic (exact) mass is 328 g/mol. The molecule has 5 nitrogen and oxygen atoms in total. The Balaban J connectivity index is 2.44. The molecule has 2 N–H and O–H groups in total. The highest BCUT2D eigenvalue weighted by Gasteiger charge is 2.22. The first-order valence-electron chi connectivity index (χ1n) is 8.35. The Hall–Kier alpha value is -2.14. The van der Waals surface area contributed by atoms with Crippen molar-refractivity contribution in [1.29, 1.82) is 0 Å². The van der Waals surface area contributed by atoms with E-state index in [1.54, 1.807) is 0 Å². The van der Waals surface area contributed by atoms with Crippen molar-refractivity contribution in [3.8, 4) is 5.69 Å². The smallest absolute Gasteiger partial charge is 0.226 e. The number of carbonyl (C=O) groups is 1. The zero-order valence-corrected chi connectivity index (χ0v) is 15.5. The maximum Gasteiger partial charge on any atom is 0.226 e. The van der Waals surface area contributed by atoms with Gasteiger partial charge < -0.3 is 10.6 Å². The van der Waals surface area contributed by atoms with Crippen LogP contribution < -0.4 is 10.6 Å². The topological polar surface area (TPSA) is 59.0 Å². The molecule has 0 aliphatic carbocycles. The van der Waals surface area contributed by atoms with Gasteiger partial charge in [-0.3, -0.25) is 4.79 Å². The lowest BCUT2D eigenvalue weighted by Crippen LogP contribution is -2.20. The van der Waals surface area contributed by atoms with Crippen molar-refractivity contribution in [1.82, 2.24) is 15.1 Å². The molecule has 0 aliphatic heterocycles. The first-order chi connectivity index (χ1) is 11.2. The van der Waals surface area contributed by atoms with Gasteiger partial charge >= 0.3 is 0 Å². The number of hydrogen-bond acceptors (Lipinski definition) is 3. The molecule has 0 fully saturated rings. The van der Waals surface area contributed by atoms with E-state index >= 15 is 0 Å². The van der Waals surface area contributed by atoms with E-state index in [9.17, 15) is 4.79 Å². The predicted octanol–water partition coefficient (Wildman–Crippen LogP) is 3.33. The van der Waals surface area contributed by atoms with Crippen LogP contribution in [0.5, 0.6) is 0 Å².